The third-order valence-electron chi connectivity index (χ3n) is 3.96. The molecule has 1 aromatic carbocycles. The van der Waals surface area contributed by atoms with Gasteiger partial charge in [0.1, 0.15) is 18.1 Å². The average Bonchev–Trinajstić information content (AvgIpc) is 2.48. The lowest BCUT2D eigenvalue weighted by molar-refractivity contribution is -0.116. The lowest BCUT2D eigenvalue weighted by atomic mass is 10.1. The van der Waals surface area contributed by atoms with Crippen LogP contribution >= 0.6 is 0 Å². The van der Waals surface area contributed by atoms with Crippen molar-refractivity contribution in [2.45, 2.75) is 19.8 Å². The molecule has 0 bridgehead atoms. The molecule has 0 atom stereocenters. The first-order chi connectivity index (χ1) is 10.1. The number of rotatable bonds is 7. The zero-order valence-electron chi connectivity index (χ0n) is 13.2. The molecule has 1 fully saturated rings. The Morgan fingerprint density at radius 3 is 2.43 bits per heavy atom. The summed E-state index contributed by atoms with van der Waals surface area (Å²) >= 11 is 0. The first-order valence-electron chi connectivity index (χ1n) is 7.75. The van der Waals surface area contributed by atoms with E-state index in [9.17, 15) is 4.79 Å². The Labute approximate surface area is 127 Å². The molecule has 0 aromatic heterocycles. The van der Waals surface area contributed by atoms with Gasteiger partial charge < -0.3 is 14.4 Å². The van der Waals surface area contributed by atoms with Gasteiger partial charge in [0.2, 0.25) is 0 Å². The highest BCUT2D eigenvalue weighted by molar-refractivity contribution is 5.75. The van der Waals surface area contributed by atoms with Crippen LogP contribution in [0.5, 0.6) is 5.75 Å². The number of ether oxygens (including phenoxy) is 1. The SMILES string of the molecule is CC(=O)CCc1ccc(OCCN2CCN(C)CC2)cc1. The number of benzene rings is 1. The van der Waals surface area contributed by atoms with Gasteiger partial charge >= 0.3 is 0 Å². The molecule has 4 nitrogen and oxygen atoms in total. The van der Waals surface area contributed by atoms with Crippen LogP contribution in [0.2, 0.25) is 0 Å². The fraction of sp³-hybridized carbons (Fsp3) is 0.588. The molecule has 1 aliphatic rings. The predicted molar refractivity (Wildman–Crippen MR) is 84.9 cm³/mol. The van der Waals surface area contributed by atoms with Gasteiger partial charge in [0.05, 0.1) is 0 Å². The van der Waals surface area contributed by atoms with Crippen molar-refractivity contribution >= 4 is 5.78 Å². The number of likely N-dealkylation sites (N-methyl/N-ethyl adjacent to an activating group) is 1. The van der Waals surface area contributed by atoms with Crippen molar-refractivity contribution in [3.05, 3.63) is 29.8 Å². The van der Waals surface area contributed by atoms with E-state index in [1.54, 1.807) is 6.92 Å². The van der Waals surface area contributed by atoms with E-state index in [-0.39, 0.29) is 5.78 Å². The van der Waals surface area contributed by atoms with E-state index in [1.165, 1.54) is 5.56 Å². The number of aryl methyl sites for hydroxylation is 1. The lowest BCUT2D eigenvalue weighted by Gasteiger charge is -2.32. The third-order valence-corrected chi connectivity index (χ3v) is 3.96. The number of hydrogen-bond acceptors (Lipinski definition) is 4. The van der Waals surface area contributed by atoms with Crippen LogP contribution in [0.15, 0.2) is 24.3 Å². The van der Waals surface area contributed by atoms with E-state index in [2.05, 4.69) is 16.8 Å². The molecule has 0 radical (unpaired) electrons. The molecule has 1 aromatic rings. The van der Waals surface area contributed by atoms with Crippen LogP contribution in [0.3, 0.4) is 0 Å². The van der Waals surface area contributed by atoms with E-state index in [1.807, 2.05) is 24.3 Å². The van der Waals surface area contributed by atoms with Gasteiger partial charge in [-0.15, -0.1) is 0 Å². The van der Waals surface area contributed by atoms with Crippen LogP contribution in [0.25, 0.3) is 0 Å². The van der Waals surface area contributed by atoms with Crippen molar-refractivity contribution in [1.82, 2.24) is 9.80 Å². The summed E-state index contributed by atoms with van der Waals surface area (Å²) in [7, 11) is 2.17. The lowest BCUT2D eigenvalue weighted by Crippen LogP contribution is -2.45. The zero-order chi connectivity index (χ0) is 15.1. The Bertz CT molecular complexity index is 437. The smallest absolute Gasteiger partial charge is 0.130 e. The van der Waals surface area contributed by atoms with Crippen LogP contribution in [0, 0.1) is 0 Å². The molecule has 21 heavy (non-hydrogen) atoms. The fourth-order valence-corrected chi connectivity index (χ4v) is 2.44. The summed E-state index contributed by atoms with van der Waals surface area (Å²) in [5.74, 6) is 1.15. The molecule has 1 aliphatic heterocycles. The van der Waals surface area contributed by atoms with Crippen molar-refractivity contribution in [2.24, 2.45) is 0 Å². The molecule has 0 N–H and O–H groups in total. The summed E-state index contributed by atoms with van der Waals surface area (Å²) in [6.45, 7) is 7.90. The first kappa shape index (κ1) is 16.0. The minimum absolute atomic E-state index is 0.238. The molecule has 116 valence electrons. The minimum Gasteiger partial charge on any atom is -0.492 e. The van der Waals surface area contributed by atoms with Gasteiger partial charge in [0, 0.05) is 39.1 Å². The molecular weight excluding hydrogens is 264 g/mol. The number of ketones is 1. The average molecular weight is 290 g/mol. The summed E-state index contributed by atoms with van der Waals surface area (Å²) in [5.41, 5.74) is 1.19. The highest BCUT2D eigenvalue weighted by Crippen LogP contribution is 2.13. The molecule has 0 spiro atoms. The maximum atomic E-state index is 11.0. The summed E-state index contributed by atoms with van der Waals surface area (Å²) in [4.78, 5) is 15.8. The zero-order valence-corrected chi connectivity index (χ0v) is 13.2. The van der Waals surface area contributed by atoms with Crippen molar-refractivity contribution in [3.8, 4) is 5.75 Å². The Balaban J connectivity index is 1.67. The molecule has 2 rings (SSSR count). The first-order valence-corrected chi connectivity index (χ1v) is 7.75. The largest absolute Gasteiger partial charge is 0.492 e. The topological polar surface area (TPSA) is 32.8 Å². The van der Waals surface area contributed by atoms with Gasteiger partial charge in [-0.05, 0) is 38.1 Å². The van der Waals surface area contributed by atoms with Gasteiger partial charge in [0.15, 0.2) is 0 Å². The second-order valence-corrected chi connectivity index (χ2v) is 5.84. The number of carbonyl (C=O) groups excluding carboxylic acids is 1. The Hall–Kier alpha value is -1.39. The number of Topliss-reactive ketones (excluding diaryl/α,β-unsaturated/α-hetero) is 1. The minimum atomic E-state index is 0.238. The van der Waals surface area contributed by atoms with Gasteiger partial charge in [0.25, 0.3) is 0 Å². The summed E-state index contributed by atoms with van der Waals surface area (Å²) < 4.78 is 5.79. The maximum absolute atomic E-state index is 11.0. The van der Waals surface area contributed by atoms with Crippen molar-refractivity contribution in [1.29, 1.82) is 0 Å². The summed E-state index contributed by atoms with van der Waals surface area (Å²) in [6.07, 6.45) is 1.43. The van der Waals surface area contributed by atoms with Crippen LogP contribution in [-0.2, 0) is 11.2 Å². The predicted octanol–water partition coefficient (Wildman–Crippen LogP) is 1.83. The van der Waals surface area contributed by atoms with Gasteiger partial charge in [-0.3, -0.25) is 4.90 Å². The second kappa shape index (κ2) is 8.15. The van der Waals surface area contributed by atoms with Crippen LogP contribution in [0.4, 0.5) is 0 Å². The van der Waals surface area contributed by atoms with E-state index < -0.39 is 0 Å². The van der Waals surface area contributed by atoms with Crippen LogP contribution in [-0.4, -0.2) is 62.0 Å². The summed E-state index contributed by atoms with van der Waals surface area (Å²) in [5, 5.41) is 0. The van der Waals surface area contributed by atoms with E-state index in [0.717, 1.165) is 51.5 Å². The molecule has 4 heteroatoms. The fourth-order valence-electron chi connectivity index (χ4n) is 2.44. The van der Waals surface area contributed by atoms with Gasteiger partial charge in [-0.2, -0.15) is 0 Å². The van der Waals surface area contributed by atoms with Crippen LogP contribution < -0.4 is 4.74 Å². The molecule has 1 heterocycles. The van der Waals surface area contributed by atoms with E-state index >= 15 is 0 Å². The van der Waals surface area contributed by atoms with Gasteiger partial charge in [-0.25, -0.2) is 0 Å². The van der Waals surface area contributed by atoms with Crippen molar-refractivity contribution in [3.63, 3.8) is 0 Å². The second-order valence-electron chi connectivity index (χ2n) is 5.84. The highest BCUT2D eigenvalue weighted by atomic mass is 16.5. The van der Waals surface area contributed by atoms with E-state index in [4.69, 9.17) is 4.74 Å². The quantitative estimate of drug-likeness (QED) is 0.767. The molecule has 0 aliphatic carbocycles. The number of nitrogens with zero attached hydrogens (tertiary/aromatic N) is 2. The van der Waals surface area contributed by atoms with E-state index in [0.29, 0.717) is 6.42 Å². The molecular formula is C17H26N2O2. The Morgan fingerprint density at radius 1 is 1.14 bits per heavy atom. The number of hydrogen-bond donors (Lipinski definition) is 0. The monoisotopic (exact) mass is 290 g/mol. The molecule has 0 amide bonds. The Morgan fingerprint density at radius 2 is 1.81 bits per heavy atom. The number of carbonyl (C=O) groups is 1. The molecule has 0 unspecified atom stereocenters. The van der Waals surface area contributed by atoms with Crippen molar-refractivity contribution in [2.75, 3.05) is 46.4 Å². The normalized spacial score (nSPS) is 16.9. The standard InChI is InChI=1S/C17H26N2O2/c1-15(20)3-4-16-5-7-17(8-6-16)21-14-13-19-11-9-18(2)10-12-19/h5-8H,3-4,9-14H2,1-2H3. The maximum Gasteiger partial charge on any atom is 0.130 e. The Kier molecular flexibility index (Phi) is 6.21. The third kappa shape index (κ3) is 5.86. The van der Waals surface area contributed by atoms with Crippen molar-refractivity contribution < 1.29 is 9.53 Å². The van der Waals surface area contributed by atoms with Crippen LogP contribution in [0.1, 0.15) is 18.9 Å². The highest BCUT2D eigenvalue weighted by Gasteiger charge is 2.13. The number of piperazine rings is 1. The molecule has 1 saturated heterocycles. The summed E-state index contributed by atoms with van der Waals surface area (Å²) in [6, 6.07) is 8.10. The molecule has 0 saturated carbocycles. The van der Waals surface area contributed by atoms with Gasteiger partial charge in [-0.1, -0.05) is 12.1 Å².